The van der Waals surface area contributed by atoms with Crippen LogP contribution in [0.3, 0.4) is 0 Å². The largest absolute Gasteiger partial charge is 0.335 e. The third-order valence-corrected chi connectivity index (χ3v) is 6.91. The van der Waals surface area contributed by atoms with Crippen LogP contribution in [0, 0.1) is 11.8 Å². The third-order valence-electron chi connectivity index (χ3n) is 4.84. The summed E-state index contributed by atoms with van der Waals surface area (Å²) in [5, 5.41) is 1.04. The fourth-order valence-corrected chi connectivity index (χ4v) is 5.27. The lowest BCUT2D eigenvalue weighted by Crippen LogP contribution is -2.20. The molecule has 0 atom stereocenters. The van der Waals surface area contributed by atoms with Crippen LogP contribution >= 0.6 is 19.2 Å². The van der Waals surface area contributed by atoms with E-state index >= 15 is 0 Å². The Hall–Kier alpha value is -1.98. The predicted octanol–water partition coefficient (Wildman–Crippen LogP) is 6.29. The SMILES string of the molecule is CC(C)COP(=O)(Cc1ccc(-c2nc3cc(Cl)ccc3c(=O)n2C)cc1)OCC(C)C. The first-order valence-corrected chi connectivity index (χ1v) is 12.8. The molecule has 6 nitrogen and oxygen atoms in total. The van der Waals surface area contributed by atoms with Gasteiger partial charge in [-0.05, 0) is 35.6 Å². The minimum Gasteiger partial charge on any atom is -0.308 e. The lowest BCUT2D eigenvalue weighted by molar-refractivity contribution is 0.172. The molecule has 0 radical (unpaired) electrons. The van der Waals surface area contributed by atoms with E-state index in [2.05, 4.69) is 4.98 Å². The Kier molecular flexibility index (Phi) is 7.94. The Labute approximate surface area is 194 Å². The number of hydrogen-bond acceptors (Lipinski definition) is 5. The minimum absolute atomic E-state index is 0.139. The maximum Gasteiger partial charge on any atom is 0.335 e. The molecule has 1 aromatic heterocycles. The number of benzene rings is 2. The normalized spacial score (nSPS) is 12.2. The van der Waals surface area contributed by atoms with Crippen molar-refractivity contribution < 1.29 is 13.6 Å². The highest BCUT2D eigenvalue weighted by atomic mass is 35.5. The second-order valence-corrected chi connectivity index (χ2v) is 11.3. The van der Waals surface area contributed by atoms with Crippen molar-refractivity contribution in [1.29, 1.82) is 0 Å². The standard InChI is InChI=1S/C24H30ClN2O4P/c1-16(2)13-30-32(29,31-14-17(3)4)15-18-6-8-19(9-7-18)23-26-22-12-20(25)10-11-21(22)24(28)27(23)5/h6-12,16-17H,13-15H2,1-5H3. The van der Waals surface area contributed by atoms with E-state index in [1.165, 1.54) is 4.57 Å². The molecule has 0 saturated heterocycles. The molecule has 0 fully saturated rings. The van der Waals surface area contributed by atoms with Gasteiger partial charge in [0.15, 0.2) is 0 Å². The lowest BCUT2D eigenvalue weighted by atomic mass is 10.1. The highest BCUT2D eigenvalue weighted by Crippen LogP contribution is 2.52. The summed E-state index contributed by atoms with van der Waals surface area (Å²) >= 11 is 6.08. The van der Waals surface area contributed by atoms with Crippen LogP contribution < -0.4 is 5.56 Å². The molecule has 0 saturated carbocycles. The number of aromatic nitrogens is 2. The van der Waals surface area contributed by atoms with Gasteiger partial charge in [0.1, 0.15) is 5.82 Å². The molecule has 3 aromatic rings. The van der Waals surface area contributed by atoms with Crippen molar-refractivity contribution in [2.24, 2.45) is 18.9 Å². The van der Waals surface area contributed by atoms with E-state index in [-0.39, 0.29) is 23.6 Å². The number of fused-ring (bicyclic) bond motifs is 1. The van der Waals surface area contributed by atoms with Gasteiger partial charge in [-0.2, -0.15) is 0 Å². The molecule has 0 N–H and O–H groups in total. The predicted molar refractivity (Wildman–Crippen MR) is 130 cm³/mol. The van der Waals surface area contributed by atoms with E-state index in [0.29, 0.717) is 35.0 Å². The Bertz CT molecular complexity index is 1170. The van der Waals surface area contributed by atoms with Crippen molar-refractivity contribution >= 4 is 30.1 Å². The number of nitrogens with zero attached hydrogens (tertiary/aromatic N) is 2. The molecule has 0 aliphatic heterocycles. The highest BCUT2D eigenvalue weighted by molar-refractivity contribution is 7.53. The van der Waals surface area contributed by atoms with E-state index in [4.69, 9.17) is 20.6 Å². The maximum atomic E-state index is 13.3. The minimum atomic E-state index is -3.28. The number of halogens is 1. The molecule has 2 aromatic carbocycles. The molecule has 0 spiro atoms. The first kappa shape index (κ1) is 24.7. The molecule has 0 amide bonds. The van der Waals surface area contributed by atoms with Crippen LogP contribution in [0.4, 0.5) is 0 Å². The van der Waals surface area contributed by atoms with Gasteiger partial charge >= 0.3 is 7.60 Å². The number of hydrogen-bond donors (Lipinski definition) is 0. The molecule has 8 heteroatoms. The zero-order chi connectivity index (χ0) is 23.5. The topological polar surface area (TPSA) is 70.4 Å². The molecule has 0 aliphatic rings. The van der Waals surface area contributed by atoms with Crippen molar-refractivity contribution in [3.63, 3.8) is 0 Å². The van der Waals surface area contributed by atoms with Crippen LogP contribution in [-0.2, 0) is 26.8 Å². The zero-order valence-corrected chi connectivity index (χ0v) is 20.8. The van der Waals surface area contributed by atoms with Crippen molar-refractivity contribution in [2.75, 3.05) is 13.2 Å². The van der Waals surface area contributed by atoms with E-state index in [0.717, 1.165) is 11.1 Å². The molecular weight excluding hydrogens is 447 g/mol. The summed E-state index contributed by atoms with van der Waals surface area (Å²) < 4.78 is 26.3. The summed E-state index contributed by atoms with van der Waals surface area (Å²) in [5.41, 5.74) is 2.02. The summed E-state index contributed by atoms with van der Waals surface area (Å²) in [5.74, 6) is 1.04. The van der Waals surface area contributed by atoms with Crippen LogP contribution in [0.2, 0.25) is 5.02 Å². The van der Waals surface area contributed by atoms with Gasteiger partial charge in [0.25, 0.3) is 5.56 Å². The Morgan fingerprint density at radius 3 is 2.16 bits per heavy atom. The first-order valence-electron chi connectivity index (χ1n) is 10.7. The van der Waals surface area contributed by atoms with Gasteiger partial charge in [0.05, 0.1) is 30.3 Å². The molecule has 3 rings (SSSR count). The summed E-state index contributed by atoms with van der Waals surface area (Å²) in [4.78, 5) is 17.4. The molecule has 0 unspecified atom stereocenters. The van der Waals surface area contributed by atoms with Crippen LogP contribution in [-0.4, -0.2) is 22.8 Å². The van der Waals surface area contributed by atoms with Gasteiger partial charge in [0.2, 0.25) is 0 Å². The van der Waals surface area contributed by atoms with Crippen LogP contribution in [0.1, 0.15) is 33.3 Å². The lowest BCUT2D eigenvalue weighted by Gasteiger charge is -2.21. The van der Waals surface area contributed by atoms with E-state index in [9.17, 15) is 9.36 Å². The molecular formula is C24H30ClN2O4P. The van der Waals surface area contributed by atoms with Crippen molar-refractivity contribution in [2.45, 2.75) is 33.9 Å². The average molecular weight is 477 g/mol. The van der Waals surface area contributed by atoms with Crippen LogP contribution in [0.15, 0.2) is 47.3 Å². The molecule has 1 heterocycles. The van der Waals surface area contributed by atoms with Gasteiger partial charge in [-0.3, -0.25) is 13.9 Å². The number of rotatable bonds is 9. The monoisotopic (exact) mass is 476 g/mol. The van der Waals surface area contributed by atoms with Crippen molar-refractivity contribution in [3.8, 4) is 11.4 Å². The zero-order valence-electron chi connectivity index (χ0n) is 19.2. The van der Waals surface area contributed by atoms with Gasteiger partial charge in [-0.1, -0.05) is 63.6 Å². The van der Waals surface area contributed by atoms with E-state index in [1.54, 1.807) is 25.2 Å². The molecule has 0 aliphatic carbocycles. The first-order chi connectivity index (χ1) is 15.1. The summed E-state index contributed by atoms with van der Waals surface area (Å²) in [6, 6.07) is 12.5. The third kappa shape index (κ3) is 6.08. The smallest absolute Gasteiger partial charge is 0.308 e. The van der Waals surface area contributed by atoms with Gasteiger partial charge < -0.3 is 9.05 Å². The van der Waals surface area contributed by atoms with E-state index in [1.807, 2.05) is 52.0 Å². The molecule has 172 valence electrons. The highest BCUT2D eigenvalue weighted by Gasteiger charge is 2.26. The average Bonchev–Trinajstić information content (AvgIpc) is 2.74. The maximum absolute atomic E-state index is 13.3. The quantitative estimate of drug-likeness (QED) is 0.339. The summed E-state index contributed by atoms with van der Waals surface area (Å²) in [6.45, 7) is 8.79. The Balaban J connectivity index is 1.89. The fourth-order valence-electron chi connectivity index (χ4n) is 3.14. The summed E-state index contributed by atoms with van der Waals surface area (Å²) in [7, 11) is -1.58. The van der Waals surface area contributed by atoms with Crippen molar-refractivity contribution in [1.82, 2.24) is 9.55 Å². The fraction of sp³-hybridized carbons (Fsp3) is 0.417. The Morgan fingerprint density at radius 2 is 1.59 bits per heavy atom. The van der Waals surface area contributed by atoms with Crippen molar-refractivity contribution in [3.05, 3.63) is 63.4 Å². The van der Waals surface area contributed by atoms with Gasteiger partial charge in [-0.15, -0.1) is 0 Å². The molecule has 0 bridgehead atoms. The van der Waals surface area contributed by atoms with Gasteiger partial charge in [0, 0.05) is 17.6 Å². The summed E-state index contributed by atoms with van der Waals surface area (Å²) in [6.07, 6.45) is 0.187. The molecule has 32 heavy (non-hydrogen) atoms. The van der Waals surface area contributed by atoms with Gasteiger partial charge in [-0.25, -0.2) is 4.98 Å². The van der Waals surface area contributed by atoms with Crippen LogP contribution in [0.5, 0.6) is 0 Å². The second-order valence-electron chi connectivity index (χ2n) is 8.81. The second kappa shape index (κ2) is 10.3. The Morgan fingerprint density at radius 1 is 1.00 bits per heavy atom. The van der Waals surface area contributed by atoms with E-state index < -0.39 is 7.60 Å². The van der Waals surface area contributed by atoms with Crippen LogP contribution in [0.25, 0.3) is 22.3 Å².